The molecule has 210 valence electrons. The van der Waals surface area contributed by atoms with Crippen molar-refractivity contribution in [2.75, 3.05) is 13.6 Å². The molecule has 3 rings (SSSR count). The fourth-order valence-electron chi connectivity index (χ4n) is 4.50. The minimum Gasteiger partial charge on any atom is -0.357 e. The van der Waals surface area contributed by atoms with Crippen LogP contribution in [-0.4, -0.2) is 69.8 Å². The number of benzene rings is 2. The normalized spacial score (nSPS) is 15.6. The number of hydrogen-bond donors (Lipinski definition) is 5. The van der Waals surface area contributed by atoms with Gasteiger partial charge in [0.1, 0.15) is 11.8 Å². The minimum absolute atomic E-state index is 0.0329. The lowest BCUT2D eigenvalue weighted by molar-refractivity contribution is -0.130. The van der Waals surface area contributed by atoms with Crippen LogP contribution in [-0.2, 0) is 20.6 Å². The molecular formula is C27H35N4O7P. The molecule has 1 heterocycles. The summed E-state index contributed by atoms with van der Waals surface area (Å²) in [4.78, 5) is 72.4. The molecule has 0 spiro atoms. The van der Waals surface area contributed by atoms with Crippen molar-refractivity contribution in [3.63, 3.8) is 0 Å². The molecule has 0 aromatic heterocycles. The number of carbonyl (C=O) groups is 4. The van der Waals surface area contributed by atoms with Crippen molar-refractivity contribution in [3.8, 4) is 0 Å². The first-order valence-corrected chi connectivity index (χ1v) is 14.4. The molecule has 0 aliphatic carbocycles. The lowest BCUT2D eigenvalue weighted by Crippen LogP contribution is -2.55. The van der Waals surface area contributed by atoms with Gasteiger partial charge in [-0.15, -0.1) is 0 Å². The Bertz CT molecular complexity index is 1210. The summed E-state index contributed by atoms with van der Waals surface area (Å²) in [5.74, 6) is -3.62. The zero-order chi connectivity index (χ0) is 28.7. The SMILES string of the molecule is CNC(=O)[C@H](Cc1ccccc1)NC(=O)[C@H](CC(C)C)N[C@@H](CCN1C(=O)c2ccccc2C1=O)P(=O)(O)O. The number of nitrogens with one attached hydrogen (secondary N) is 3. The van der Waals surface area contributed by atoms with Gasteiger partial charge >= 0.3 is 7.60 Å². The largest absolute Gasteiger partial charge is 0.357 e. The van der Waals surface area contributed by atoms with Crippen LogP contribution in [0.15, 0.2) is 54.6 Å². The molecule has 0 bridgehead atoms. The summed E-state index contributed by atoms with van der Waals surface area (Å²) >= 11 is 0. The lowest BCUT2D eigenvalue weighted by atomic mass is 10.0. The van der Waals surface area contributed by atoms with Gasteiger partial charge in [-0.2, -0.15) is 0 Å². The van der Waals surface area contributed by atoms with E-state index in [2.05, 4.69) is 16.0 Å². The molecule has 1 aliphatic heterocycles. The number of fused-ring (bicyclic) bond motifs is 1. The van der Waals surface area contributed by atoms with Gasteiger partial charge in [-0.25, -0.2) is 0 Å². The highest BCUT2D eigenvalue weighted by molar-refractivity contribution is 7.52. The summed E-state index contributed by atoms with van der Waals surface area (Å²) in [5, 5.41) is 8.02. The fraction of sp³-hybridized carbons (Fsp3) is 0.407. The zero-order valence-electron chi connectivity index (χ0n) is 22.2. The second kappa shape index (κ2) is 13.1. The Morgan fingerprint density at radius 2 is 1.46 bits per heavy atom. The number of rotatable bonds is 13. The van der Waals surface area contributed by atoms with E-state index >= 15 is 0 Å². The van der Waals surface area contributed by atoms with Gasteiger partial charge in [-0.1, -0.05) is 56.3 Å². The van der Waals surface area contributed by atoms with Crippen molar-refractivity contribution < 1.29 is 33.5 Å². The quantitative estimate of drug-likeness (QED) is 0.183. The summed E-state index contributed by atoms with van der Waals surface area (Å²) in [7, 11) is -3.36. The lowest BCUT2D eigenvalue weighted by Gasteiger charge is -2.29. The van der Waals surface area contributed by atoms with E-state index in [0.717, 1.165) is 10.5 Å². The van der Waals surface area contributed by atoms with Crippen LogP contribution in [0.25, 0.3) is 0 Å². The van der Waals surface area contributed by atoms with E-state index in [-0.39, 0.29) is 42.9 Å². The maximum Gasteiger partial charge on any atom is 0.342 e. The smallest absolute Gasteiger partial charge is 0.342 e. The van der Waals surface area contributed by atoms with Gasteiger partial charge in [0.15, 0.2) is 0 Å². The Labute approximate surface area is 227 Å². The third kappa shape index (κ3) is 7.83. The number of amides is 4. The minimum atomic E-state index is -4.82. The molecule has 2 aromatic rings. The Balaban J connectivity index is 1.75. The molecule has 3 atom stereocenters. The molecule has 0 radical (unpaired) electrons. The van der Waals surface area contributed by atoms with Crippen molar-refractivity contribution in [1.82, 2.24) is 20.9 Å². The van der Waals surface area contributed by atoms with Gasteiger partial charge in [0.05, 0.1) is 17.2 Å². The molecule has 0 saturated carbocycles. The average molecular weight is 559 g/mol. The molecule has 0 unspecified atom stereocenters. The summed E-state index contributed by atoms with van der Waals surface area (Å²) in [6.07, 6.45) is 0.171. The molecule has 0 saturated heterocycles. The monoisotopic (exact) mass is 558 g/mol. The average Bonchev–Trinajstić information content (AvgIpc) is 3.13. The highest BCUT2D eigenvalue weighted by atomic mass is 31.2. The highest BCUT2D eigenvalue weighted by Crippen LogP contribution is 2.42. The number of hydrogen-bond acceptors (Lipinski definition) is 6. The van der Waals surface area contributed by atoms with E-state index in [0.29, 0.717) is 0 Å². The Hall–Kier alpha value is -3.37. The highest BCUT2D eigenvalue weighted by Gasteiger charge is 2.39. The van der Waals surface area contributed by atoms with Gasteiger partial charge < -0.3 is 20.4 Å². The van der Waals surface area contributed by atoms with E-state index in [9.17, 15) is 33.5 Å². The van der Waals surface area contributed by atoms with Crippen molar-refractivity contribution in [2.24, 2.45) is 5.92 Å². The Kier molecular flexibility index (Phi) is 10.2. The summed E-state index contributed by atoms with van der Waals surface area (Å²) in [5.41, 5.74) is 1.30. The number of likely N-dealkylation sites (N-methyl/N-ethyl adjacent to an activating group) is 1. The maximum absolute atomic E-state index is 13.4. The van der Waals surface area contributed by atoms with Gasteiger partial charge in [-0.05, 0) is 36.5 Å². The maximum atomic E-state index is 13.4. The Morgan fingerprint density at radius 1 is 0.897 bits per heavy atom. The number of imide groups is 1. The first kappa shape index (κ1) is 30.2. The van der Waals surface area contributed by atoms with E-state index < -0.39 is 49.1 Å². The predicted octanol–water partition coefficient (Wildman–Crippen LogP) is 1.65. The van der Waals surface area contributed by atoms with Crippen LogP contribution in [0.2, 0.25) is 0 Å². The molecule has 0 fully saturated rings. The topological polar surface area (TPSA) is 165 Å². The molecule has 11 nitrogen and oxygen atoms in total. The van der Waals surface area contributed by atoms with Crippen LogP contribution in [0, 0.1) is 5.92 Å². The van der Waals surface area contributed by atoms with Crippen LogP contribution in [0.1, 0.15) is 53.0 Å². The number of nitrogens with zero attached hydrogens (tertiary/aromatic N) is 1. The van der Waals surface area contributed by atoms with Crippen LogP contribution in [0.4, 0.5) is 0 Å². The molecule has 5 N–H and O–H groups in total. The van der Waals surface area contributed by atoms with E-state index in [1.165, 1.54) is 19.2 Å². The fourth-order valence-corrected chi connectivity index (χ4v) is 5.33. The summed E-state index contributed by atoms with van der Waals surface area (Å²) < 4.78 is 12.4. The van der Waals surface area contributed by atoms with Crippen molar-refractivity contribution in [3.05, 3.63) is 71.3 Å². The van der Waals surface area contributed by atoms with Crippen molar-refractivity contribution >= 4 is 31.2 Å². The standard InChI is InChI=1S/C27H35N4O7P/c1-17(2)15-21(25(33)30-22(24(32)28-3)16-18-9-5-4-6-10-18)29-23(39(36,37)38)13-14-31-26(34)19-11-7-8-12-20(19)27(31)35/h4-12,17,21-23,29H,13-16H2,1-3H3,(H,28,32)(H,30,33)(H2,36,37,38)/t21-,22-,23+/m0/s1. The zero-order valence-corrected chi connectivity index (χ0v) is 23.1. The molecule has 12 heteroatoms. The van der Waals surface area contributed by atoms with E-state index in [4.69, 9.17) is 0 Å². The third-order valence-electron chi connectivity index (χ3n) is 6.49. The van der Waals surface area contributed by atoms with Gasteiger partial charge in [0.25, 0.3) is 11.8 Å². The second-order valence-electron chi connectivity index (χ2n) is 9.92. The summed E-state index contributed by atoms with van der Waals surface area (Å²) in [6, 6.07) is 13.5. The van der Waals surface area contributed by atoms with Crippen LogP contribution in [0.5, 0.6) is 0 Å². The molecule has 4 amide bonds. The molecule has 39 heavy (non-hydrogen) atoms. The number of carbonyl (C=O) groups excluding carboxylic acids is 4. The molecular weight excluding hydrogens is 523 g/mol. The van der Waals surface area contributed by atoms with E-state index in [1.807, 2.05) is 44.2 Å². The molecule has 1 aliphatic rings. The van der Waals surface area contributed by atoms with Gasteiger partial charge in [0, 0.05) is 20.0 Å². The first-order valence-electron chi connectivity index (χ1n) is 12.7. The van der Waals surface area contributed by atoms with Gasteiger partial charge in [-0.3, -0.25) is 34.0 Å². The third-order valence-corrected chi connectivity index (χ3v) is 7.71. The first-order chi connectivity index (χ1) is 18.4. The van der Waals surface area contributed by atoms with Crippen molar-refractivity contribution in [1.29, 1.82) is 0 Å². The second-order valence-corrected chi connectivity index (χ2v) is 11.7. The van der Waals surface area contributed by atoms with Crippen LogP contribution >= 0.6 is 7.60 Å². The predicted molar refractivity (Wildman–Crippen MR) is 145 cm³/mol. The van der Waals surface area contributed by atoms with E-state index in [1.54, 1.807) is 12.1 Å². The molecule has 2 aromatic carbocycles. The van der Waals surface area contributed by atoms with Crippen molar-refractivity contribution in [2.45, 2.75) is 51.0 Å². The van der Waals surface area contributed by atoms with Crippen LogP contribution < -0.4 is 16.0 Å². The van der Waals surface area contributed by atoms with Crippen LogP contribution in [0.3, 0.4) is 0 Å². The Morgan fingerprint density at radius 3 is 1.97 bits per heavy atom. The summed E-state index contributed by atoms with van der Waals surface area (Å²) in [6.45, 7) is 3.46. The van der Waals surface area contributed by atoms with Gasteiger partial charge in [0.2, 0.25) is 11.8 Å².